The molecule has 7 heteroatoms. The van der Waals surface area contributed by atoms with Gasteiger partial charge in [0, 0.05) is 12.1 Å². The van der Waals surface area contributed by atoms with Crippen molar-refractivity contribution in [2.24, 2.45) is 0 Å². The zero-order chi connectivity index (χ0) is 17.9. The second kappa shape index (κ2) is 6.79. The minimum Gasteiger partial charge on any atom is -0.496 e. The van der Waals surface area contributed by atoms with E-state index in [9.17, 15) is 4.39 Å². The molecule has 0 amide bonds. The number of nitrogens with one attached hydrogen (secondary N) is 1. The van der Waals surface area contributed by atoms with E-state index in [1.54, 1.807) is 19.2 Å². The van der Waals surface area contributed by atoms with Crippen molar-refractivity contribution >= 4 is 16.9 Å². The van der Waals surface area contributed by atoms with Crippen LogP contribution in [0.25, 0.3) is 22.4 Å². The molecule has 0 atom stereocenters. The first kappa shape index (κ1) is 16.0. The predicted octanol–water partition coefficient (Wildman–Crippen LogP) is 4.04. The Hall–Kier alpha value is -3.48. The third kappa shape index (κ3) is 2.95. The van der Waals surface area contributed by atoms with Gasteiger partial charge >= 0.3 is 0 Å². The summed E-state index contributed by atoms with van der Waals surface area (Å²) in [6, 6.07) is 13.8. The number of benzene rings is 2. The predicted molar refractivity (Wildman–Crippen MR) is 95.3 cm³/mol. The van der Waals surface area contributed by atoms with Crippen molar-refractivity contribution in [3.05, 3.63) is 66.2 Å². The number of hydrogen-bond donors (Lipinski definition) is 1. The van der Waals surface area contributed by atoms with Crippen molar-refractivity contribution in [1.29, 1.82) is 0 Å². The normalized spacial score (nSPS) is 10.8. The van der Waals surface area contributed by atoms with Gasteiger partial charge in [-0.1, -0.05) is 29.4 Å². The average Bonchev–Trinajstić information content (AvgIpc) is 3.12. The van der Waals surface area contributed by atoms with E-state index < -0.39 is 0 Å². The van der Waals surface area contributed by atoms with Gasteiger partial charge in [0.05, 0.1) is 7.11 Å². The van der Waals surface area contributed by atoms with Gasteiger partial charge in [0.25, 0.3) is 5.71 Å². The number of ether oxygens (including phenoxy) is 1. The highest BCUT2D eigenvalue weighted by atomic mass is 19.1. The van der Waals surface area contributed by atoms with Crippen molar-refractivity contribution in [2.45, 2.75) is 6.54 Å². The molecule has 0 aliphatic rings. The summed E-state index contributed by atoms with van der Waals surface area (Å²) in [6.07, 6.45) is 1.41. The second-order valence-corrected chi connectivity index (χ2v) is 5.61. The lowest BCUT2D eigenvalue weighted by molar-refractivity contribution is 0.414. The number of nitrogens with zero attached hydrogens (tertiary/aromatic N) is 3. The van der Waals surface area contributed by atoms with Crippen LogP contribution in [0.5, 0.6) is 5.75 Å². The molecular formula is C19H15FN4O2. The number of methoxy groups -OCH3 is 1. The Morgan fingerprint density at radius 1 is 1.08 bits per heavy atom. The fourth-order valence-corrected chi connectivity index (χ4v) is 2.73. The summed E-state index contributed by atoms with van der Waals surface area (Å²) in [5.74, 6) is 0.994. The van der Waals surface area contributed by atoms with Crippen LogP contribution >= 0.6 is 0 Å². The van der Waals surface area contributed by atoms with Crippen LogP contribution in [0.1, 0.15) is 5.56 Å². The largest absolute Gasteiger partial charge is 0.496 e. The van der Waals surface area contributed by atoms with E-state index in [2.05, 4.69) is 20.4 Å². The molecule has 0 bridgehead atoms. The SMILES string of the molecule is COc1ccccc1-c1noc2ncnc(NCc3ccc(F)cc3)c12. The van der Waals surface area contributed by atoms with Crippen molar-refractivity contribution in [1.82, 2.24) is 15.1 Å². The molecule has 0 radical (unpaired) electrons. The highest BCUT2D eigenvalue weighted by molar-refractivity contribution is 5.98. The van der Waals surface area contributed by atoms with E-state index >= 15 is 0 Å². The molecule has 0 saturated carbocycles. The van der Waals surface area contributed by atoms with Gasteiger partial charge in [0.1, 0.15) is 34.8 Å². The van der Waals surface area contributed by atoms with Crippen molar-refractivity contribution in [3.63, 3.8) is 0 Å². The summed E-state index contributed by atoms with van der Waals surface area (Å²) in [5.41, 5.74) is 2.68. The average molecular weight is 350 g/mol. The lowest BCUT2D eigenvalue weighted by Gasteiger charge is -2.08. The first-order valence-corrected chi connectivity index (χ1v) is 7.98. The maximum atomic E-state index is 13.1. The van der Waals surface area contributed by atoms with Crippen molar-refractivity contribution < 1.29 is 13.7 Å². The lowest BCUT2D eigenvalue weighted by atomic mass is 10.1. The van der Waals surface area contributed by atoms with Crippen LogP contribution in [-0.2, 0) is 6.54 Å². The zero-order valence-corrected chi connectivity index (χ0v) is 13.9. The molecule has 0 spiro atoms. The van der Waals surface area contributed by atoms with Gasteiger partial charge in [-0.25, -0.2) is 9.37 Å². The first-order valence-electron chi connectivity index (χ1n) is 7.98. The summed E-state index contributed by atoms with van der Waals surface area (Å²) in [4.78, 5) is 8.46. The quantitative estimate of drug-likeness (QED) is 0.585. The van der Waals surface area contributed by atoms with Gasteiger partial charge in [-0.05, 0) is 29.8 Å². The number of para-hydroxylation sites is 1. The van der Waals surface area contributed by atoms with Crippen LogP contribution in [0.3, 0.4) is 0 Å². The topological polar surface area (TPSA) is 73.1 Å². The molecule has 2 aromatic carbocycles. The Bertz CT molecular complexity index is 1050. The molecular weight excluding hydrogens is 335 g/mol. The molecule has 0 aliphatic carbocycles. The molecule has 2 heterocycles. The van der Waals surface area contributed by atoms with E-state index in [1.165, 1.54) is 18.5 Å². The highest BCUT2D eigenvalue weighted by Gasteiger charge is 2.19. The Kier molecular flexibility index (Phi) is 4.18. The molecule has 6 nitrogen and oxygen atoms in total. The van der Waals surface area contributed by atoms with Crippen molar-refractivity contribution in [3.8, 4) is 17.0 Å². The minimum absolute atomic E-state index is 0.268. The summed E-state index contributed by atoms with van der Waals surface area (Å²) in [5, 5.41) is 8.06. The Labute approximate surface area is 148 Å². The van der Waals surface area contributed by atoms with E-state index in [0.29, 0.717) is 34.9 Å². The molecule has 130 valence electrons. The molecule has 1 N–H and O–H groups in total. The molecule has 4 rings (SSSR count). The first-order chi connectivity index (χ1) is 12.8. The molecule has 0 fully saturated rings. The van der Waals surface area contributed by atoms with Crippen molar-refractivity contribution in [2.75, 3.05) is 12.4 Å². The Balaban J connectivity index is 1.74. The minimum atomic E-state index is -0.268. The van der Waals surface area contributed by atoms with Crippen LogP contribution in [0.15, 0.2) is 59.4 Å². The molecule has 2 aromatic heterocycles. The summed E-state index contributed by atoms with van der Waals surface area (Å²) < 4.78 is 23.8. The summed E-state index contributed by atoms with van der Waals surface area (Å²) in [6.45, 7) is 0.475. The standard InChI is InChI=1S/C19H15FN4O2/c1-25-15-5-3-2-4-14(15)17-16-18(22-11-23-19(16)26-24-17)21-10-12-6-8-13(20)9-7-12/h2-9,11H,10H2,1H3,(H,21,22,23). The van der Waals surface area contributed by atoms with Crippen LogP contribution in [0.2, 0.25) is 0 Å². The summed E-state index contributed by atoms with van der Waals surface area (Å²) >= 11 is 0. The molecule has 0 unspecified atom stereocenters. The molecule has 0 saturated heterocycles. The Morgan fingerprint density at radius 3 is 2.69 bits per heavy atom. The van der Waals surface area contributed by atoms with Crippen LogP contribution in [-0.4, -0.2) is 22.2 Å². The number of hydrogen-bond acceptors (Lipinski definition) is 6. The van der Waals surface area contributed by atoms with E-state index in [-0.39, 0.29) is 5.82 Å². The highest BCUT2D eigenvalue weighted by Crippen LogP contribution is 2.36. The maximum absolute atomic E-state index is 13.1. The third-order valence-corrected chi connectivity index (χ3v) is 4.01. The number of anilines is 1. The van der Waals surface area contributed by atoms with E-state index in [4.69, 9.17) is 9.26 Å². The van der Waals surface area contributed by atoms with Crippen LogP contribution < -0.4 is 10.1 Å². The van der Waals surface area contributed by atoms with Crippen LogP contribution in [0.4, 0.5) is 10.2 Å². The fourth-order valence-electron chi connectivity index (χ4n) is 2.73. The maximum Gasteiger partial charge on any atom is 0.263 e. The third-order valence-electron chi connectivity index (χ3n) is 4.01. The van der Waals surface area contributed by atoms with Gasteiger partial charge in [-0.3, -0.25) is 0 Å². The summed E-state index contributed by atoms with van der Waals surface area (Å²) in [7, 11) is 1.60. The Morgan fingerprint density at radius 2 is 1.88 bits per heavy atom. The van der Waals surface area contributed by atoms with E-state index in [1.807, 2.05) is 24.3 Å². The van der Waals surface area contributed by atoms with E-state index in [0.717, 1.165) is 11.1 Å². The van der Waals surface area contributed by atoms with Gasteiger partial charge < -0.3 is 14.6 Å². The van der Waals surface area contributed by atoms with Gasteiger partial charge in [0.2, 0.25) is 0 Å². The zero-order valence-electron chi connectivity index (χ0n) is 13.9. The van der Waals surface area contributed by atoms with Gasteiger partial charge in [-0.15, -0.1) is 0 Å². The van der Waals surface area contributed by atoms with Crippen LogP contribution in [0, 0.1) is 5.82 Å². The number of fused-ring (bicyclic) bond motifs is 1. The lowest BCUT2D eigenvalue weighted by Crippen LogP contribution is -2.02. The number of aromatic nitrogens is 3. The molecule has 26 heavy (non-hydrogen) atoms. The van der Waals surface area contributed by atoms with Gasteiger partial charge in [-0.2, -0.15) is 4.98 Å². The number of halogens is 1. The molecule has 0 aliphatic heterocycles. The fraction of sp³-hybridized carbons (Fsp3) is 0.105. The molecule has 4 aromatic rings. The smallest absolute Gasteiger partial charge is 0.263 e. The second-order valence-electron chi connectivity index (χ2n) is 5.61. The monoisotopic (exact) mass is 350 g/mol. The number of rotatable bonds is 5. The van der Waals surface area contributed by atoms with Gasteiger partial charge in [0.15, 0.2) is 0 Å².